The van der Waals surface area contributed by atoms with Crippen molar-refractivity contribution in [3.05, 3.63) is 10.2 Å². The van der Waals surface area contributed by atoms with Gasteiger partial charge in [0.1, 0.15) is 5.82 Å². The maximum Gasteiger partial charge on any atom is 0.138 e. The van der Waals surface area contributed by atoms with E-state index in [0.29, 0.717) is 0 Å². The fraction of sp³-hybridized carbons (Fsp3) is 0.625. The highest BCUT2D eigenvalue weighted by molar-refractivity contribution is 9.10. The number of nitrogens with zero attached hydrogens (tertiary/aromatic N) is 2. The number of halogens is 1. The first-order valence-electron chi connectivity index (χ1n) is 4.32. The zero-order valence-corrected chi connectivity index (χ0v) is 8.69. The molecular weight excluding hydrogens is 218 g/mol. The molecule has 0 aromatic carbocycles. The van der Waals surface area contributed by atoms with Crippen LogP contribution in [-0.4, -0.2) is 16.3 Å². The van der Waals surface area contributed by atoms with Gasteiger partial charge in [-0.25, -0.2) is 4.68 Å². The molecule has 4 heteroatoms. The standard InChI is InChI=1S/C8H12BrN3/c1-2-6-7(9)8-10-4-3-5-12(8)11-6/h10H,2-5H2,1H3. The topological polar surface area (TPSA) is 29.9 Å². The lowest BCUT2D eigenvalue weighted by Gasteiger charge is -2.15. The minimum Gasteiger partial charge on any atom is -0.369 e. The normalized spacial score (nSPS) is 15.5. The van der Waals surface area contributed by atoms with Crippen molar-refractivity contribution in [2.75, 3.05) is 11.9 Å². The summed E-state index contributed by atoms with van der Waals surface area (Å²) in [6.45, 7) is 4.23. The second-order valence-corrected chi connectivity index (χ2v) is 3.76. The first-order chi connectivity index (χ1) is 5.83. The lowest BCUT2D eigenvalue weighted by molar-refractivity contribution is 0.562. The summed E-state index contributed by atoms with van der Waals surface area (Å²) < 4.78 is 3.19. The van der Waals surface area contributed by atoms with Crippen LogP contribution in [-0.2, 0) is 13.0 Å². The molecule has 0 saturated carbocycles. The molecule has 2 heterocycles. The molecule has 1 aromatic rings. The van der Waals surface area contributed by atoms with Crippen molar-refractivity contribution >= 4 is 21.7 Å². The lowest BCUT2D eigenvalue weighted by Crippen LogP contribution is -2.17. The van der Waals surface area contributed by atoms with E-state index in [-0.39, 0.29) is 0 Å². The molecule has 3 nitrogen and oxygen atoms in total. The fourth-order valence-corrected chi connectivity index (χ4v) is 2.19. The number of anilines is 1. The van der Waals surface area contributed by atoms with Gasteiger partial charge in [0.2, 0.25) is 0 Å². The summed E-state index contributed by atoms with van der Waals surface area (Å²) >= 11 is 3.55. The summed E-state index contributed by atoms with van der Waals surface area (Å²) in [4.78, 5) is 0. The summed E-state index contributed by atoms with van der Waals surface area (Å²) in [6.07, 6.45) is 2.16. The minimum absolute atomic E-state index is 0.988. The van der Waals surface area contributed by atoms with Crippen LogP contribution in [0.15, 0.2) is 4.47 Å². The van der Waals surface area contributed by atoms with Crippen LogP contribution in [0.2, 0.25) is 0 Å². The highest BCUT2D eigenvalue weighted by Crippen LogP contribution is 2.28. The van der Waals surface area contributed by atoms with E-state index in [9.17, 15) is 0 Å². The summed E-state index contributed by atoms with van der Waals surface area (Å²) in [7, 11) is 0. The predicted octanol–water partition coefficient (Wildman–Crippen LogP) is 2.02. The molecule has 1 aliphatic rings. The van der Waals surface area contributed by atoms with E-state index in [1.165, 1.54) is 6.42 Å². The molecule has 0 spiro atoms. The molecule has 0 aliphatic carbocycles. The summed E-state index contributed by atoms with van der Waals surface area (Å²) in [5.74, 6) is 1.15. The molecule has 66 valence electrons. The number of rotatable bonds is 1. The van der Waals surface area contributed by atoms with Crippen molar-refractivity contribution in [2.45, 2.75) is 26.3 Å². The zero-order valence-electron chi connectivity index (χ0n) is 7.10. The van der Waals surface area contributed by atoms with Gasteiger partial charge in [0.15, 0.2) is 0 Å². The van der Waals surface area contributed by atoms with Crippen molar-refractivity contribution in [3.63, 3.8) is 0 Å². The van der Waals surface area contributed by atoms with Crippen LogP contribution in [0.1, 0.15) is 19.0 Å². The van der Waals surface area contributed by atoms with E-state index >= 15 is 0 Å². The Balaban J connectivity index is 2.44. The first kappa shape index (κ1) is 8.10. The minimum atomic E-state index is 0.988. The molecule has 1 aromatic heterocycles. The number of hydrogen-bond donors (Lipinski definition) is 1. The molecule has 12 heavy (non-hydrogen) atoms. The Morgan fingerprint density at radius 2 is 2.50 bits per heavy atom. The second kappa shape index (κ2) is 3.09. The van der Waals surface area contributed by atoms with Gasteiger partial charge in [0.05, 0.1) is 10.2 Å². The van der Waals surface area contributed by atoms with E-state index in [1.807, 2.05) is 4.68 Å². The van der Waals surface area contributed by atoms with Crippen molar-refractivity contribution in [2.24, 2.45) is 0 Å². The monoisotopic (exact) mass is 229 g/mol. The smallest absolute Gasteiger partial charge is 0.138 e. The largest absolute Gasteiger partial charge is 0.369 e. The van der Waals surface area contributed by atoms with E-state index in [4.69, 9.17) is 0 Å². The highest BCUT2D eigenvalue weighted by atomic mass is 79.9. The molecule has 0 amide bonds. The van der Waals surface area contributed by atoms with Gasteiger partial charge < -0.3 is 5.32 Å². The van der Waals surface area contributed by atoms with Gasteiger partial charge in [-0.2, -0.15) is 5.10 Å². The maximum atomic E-state index is 4.48. The average molecular weight is 230 g/mol. The third kappa shape index (κ3) is 1.14. The Kier molecular flexibility index (Phi) is 2.09. The van der Waals surface area contributed by atoms with Gasteiger partial charge in [-0.05, 0) is 28.8 Å². The molecule has 0 radical (unpaired) electrons. The first-order valence-corrected chi connectivity index (χ1v) is 5.11. The summed E-state index contributed by atoms with van der Waals surface area (Å²) in [5, 5.41) is 7.82. The van der Waals surface area contributed by atoms with Crippen LogP contribution in [0.5, 0.6) is 0 Å². The van der Waals surface area contributed by atoms with Crippen LogP contribution in [0, 0.1) is 0 Å². The third-order valence-electron chi connectivity index (χ3n) is 2.13. The predicted molar refractivity (Wildman–Crippen MR) is 52.4 cm³/mol. The van der Waals surface area contributed by atoms with Crippen molar-refractivity contribution < 1.29 is 0 Å². The number of aromatic nitrogens is 2. The summed E-state index contributed by atoms with van der Waals surface area (Å²) in [5.41, 5.74) is 1.15. The van der Waals surface area contributed by atoms with E-state index in [1.54, 1.807) is 0 Å². The molecule has 1 aliphatic heterocycles. The van der Waals surface area contributed by atoms with E-state index in [0.717, 1.165) is 35.5 Å². The van der Waals surface area contributed by atoms with Gasteiger partial charge in [-0.15, -0.1) is 0 Å². The van der Waals surface area contributed by atoms with Gasteiger partial charge in [0, 0.05) is 13.1 Å². The average Bonchev–Trinajstić information content (AvgIpc) is 2.44. The molecule has 0 atom stereocenters. The van der Waals surface area contributed by atoms with Gasteiger partial charge in [-0.1, -0.05) is 6.92 Å². The molecule has 0 unspecified atom stereocenters. The maximum absolute atomic E-state index is 4.48. The van der Waals surface area contributed by atoms with Crippen LogP contribution in [0.4, 0.5) is 5.82 Å². The molecular formula is C8H12BrN3. The van der Waals surface area contributed by atoms with Crippen LogP contribution >= 0.6 is 15.9 Å². The Hall–Kier alpha value is -0.510. The van der Waals surface area contributed by atoms with Crippen LogP contribution in [0.25, 0.3) is 0 Å². The Morgan fingerprint density at radius 1 is 1.67 bits per heavy atom. The van der Waals surface area contributed by atoms with Crippen LogP contribution < -0.4 is 5.32 Å². The Labute approximate surface area is 80.3 Å². The molecule has 0 fully saturated rings. The van der Waals surface area contributed by atoms with Crippen molar-refractivity contribution in [1.82, 2.24) is 9.78 Å². The molecule has 2 rings (SSSR count). The Morgan fingerprint density at radius 3 is 3.17 bits per heavy atom. The fourth-order valence-electron chi connectivity index (χ4n) is 1.48. The van der Waals surface area contributed by atoms with Crippen LogP contribution in [0.3, 0.4) is 0 Å². The second-order valence-electron chi connectivity index (χ2n) is 2.97. The lowest BCUT2D eigenvalue weighted by atomic mass is 10.3. The highest BCUT2D eigenvalue weighted by Gasteiger charge is 2.16. The quantitative estimate of drug-likeness (QED) is 0.799. The van der Waals surface area contributed by atoms with Gasteiger partial charge >= 0.3 is 0 Å². The number of nitrogens with one attached hydrogen (secondary N) is 1. The van der Waals surface area contributed by atoms with Gasteiger partial charge in [-0.3, -0.25) is 0 Å². The van der Waals surface area contributed by atoms with E-state index in [2.05, 4.69) is 33.3 Å². The number of hydrogen-bond acceptors (Lipinski definition) is 2. The van der Waals surface area contributed by atoms with Crippen molar-refractivity contribution in [3.8, 4) is 0 Å². The zero-order chi connectivity index (χ0) is 8.55. The third-order valence-corrected chi connectivity index (χ3v) is 2.97. The van der Waals surface area contributed by atoms with Crippen molar-refractivity contribution in [1.29, 1.82) is 0 Å². The molecule has 0 saturated heterocycles. The molecule has 0 bridgehead atoms. The van der Waals surface area contributed by atoms with E-state index < -0.39 is 0 Å². The number of aryl methyl sites for hydroxylation is 2. The summed E-state index contributed by atoms with van der Waals surface area (Å²) in [6, 6.07) is 0. The number of fused-ring (bicyclic) bond motifs is 1. The Bertz CT molecular complexity index is 293. The SMILES string of the molecule is CCc1nn2c(c1Br)NCCC2. The van der Waals surface area contributed by atoms with Gasteiger partial charge in [0.25, 0.3) is 0 Å². The molecule has 1 N–H and O–H groups in total.